The van der Waals surface area contributed by atoms with Crippen LogP contribution in [-0.4, -0.2) is 31.6 Å². The summed E-state index contributed by atoms with van der Waals surface area (Å²) in [4.78, 5) is 0.306. The quantitative estimate of drug-likeness (QED) is 0.848. The molecule has 0 radical (unpaired) electrons. The van der Waals surface area contributed by atoms with E-state index in [0.717, 1.165) is 11.1 Å². The summed E-state index contributed by atoms with van der Waals surface area (Å²) in [6.07, 6.45) is 0. The van der Waals surface area contributed by atoms with Gasteiger partial charge < -0.3 is 0 Å². The fourth-order valence-corrected chi connectivity index (χ4v) is 3.94. The molecular formula is C17H21NO2S2. The van der Waals surface area contributed by atoms with Crippen molar-refractivity contribution in [3.63, 3.8) is 0 Å². The maximum atomic E-state index is 12.5. The van der Waals surface area contributed by atoms with E-state index in [2.05, 4.69) is 12.6 Å². The van der Waals surface area contributed by atoms with E-state index < -0.39 is 10.0 Å². The van der Waals surface area contributed by atoms with E-state index in [4.69, 9.17) is 0 Å². The Bertz CT molecular complexity index is 740. The third-order valence-corrected chi connectivity index (χ3v) is 6.39. The van der Waals surface area contributed by atoms with Crippen LogP contribution in [0.25, 0.3) is 11.1 Å². The van der Waals surface area contributed by atoms with Crippen molar-refractivity contribution in [1.29, 1.82) is 0 Å². The van der Waals surface area contributed by atoms with Crippen molar-refractivity contribution in [2.75, 3.05) is 12.8 Å². The summed E-state index contributed by atoms with van der Waals surface area (Å²) in [5.74, 6) is 0.483. The van der Waals surface area contributed by atoms with Gasteiger partial charge in [-0.1, -0.05) is 36.4 Å². The Morgan fingerprint density at radius 2 is 1.68 bits per heavy atom. The number of nitrogens with zero attached hydrogens (tertiary/aromatic N) is 1. The van der Waals surface area contributed by atoms with Crippen LogP contribution >= 0.6 is 12.6 Å². The van der Waals surface area contributed by atoms with Gasteiger partial charge >= 0.3 is 0 Å². The van der Waals surface area contributed by atoms with E-state index in [0.29, 0.717) is 10.6 Å². The SMILES string of the molecule is Cc1ccccc1-c1ccc(S(=O)(=O)N(C)C(C)CS)cc1. The lowest BCUT2D eigenvalue weighted by molar-refractivity contribution is 0.415. The highest BCUT2D eigenvalue weighted by atomic mass is 32.2. The van der Waals surface area contributed by atoms with Gasteiger partial charge in [-0.05, 0) is 42.7 Å². The van der Waals surface area contributed by atoms with Crippen LogP contribution in [0.3, 0.4) is 0 Å². The van der Waals surface area contributed by atoms with Crippen molar-refractivity contribution in [3.05, 3.63) is 54.1 Å². The molecule has 2 rings (SSSR count). The smallest absolute Gasteiger partial charge is 0.207 e. The standard InChI is InChI=1S/C17H21NO2S2/c1-13-6-4-5-7-17(13)15-8-10-16(11-9-15)22(19,20)18(3)14(2)12-21/h4-11,14,21H,12H2,1-3H3. The molecule has 0 saturated carbocycles. The van der Waals surface area contributed by atoms with E-state index in [-0.39, 0.29) is 6.04 Å². The lowest BCUT2D eigenvalue weighted by atomic mass is 10.0. The first-order valence-corrected chi connectivity index (χ1v) is 9.20. The molecule has 3 nitrogen and oxygen atoms in total. The highest BCUT2D eigenvalue weighted by molar-refractivity contribution is 7.89. The maximum Gasteiger partial charge on any atom is 0.243 e. The van der Waals surface area contributed by atoms with Gasteiger partial charge in [0.1, 0.15) is 0 Å². The molecule has 2 aromatic rings. The van der Waals surface area contributed by atoms with Crippen LogP contribution in [-0.2, 0) is 10.0 Å². The highest BCUT2D eigenvalue weighted by Gasteiger charge is 2.24. The molecule has 0 spiro atoms. The van der Waals surface area contributed by atoms with E-state index >= 15 is 0 Å². The zero-order valence-electron chi connectivity index (χ0n) is 13.0. The zero-order valence-corrected chi connectivity index (χ0v) is 14.7. The summed E-state index contributed by atoms with van der Waals surface area (Å²) < 4.78 is 26.4. The fourth-order valence-electron chi connectivity index (χ4n) is 2.22. The van der Waals surface area contributed by atoms with E-state index in [9.17, 15) is 8.42 Å². The second-order valence-electron chi connectivity index (χ2n) is 5.39. The van der Waals surface area contributed by atoms with Gasteiger partial charge in [-0.25, -0.2) is 8.42 Å². The van der Waals surface area contributed by atoms with Crippen LogP contribution in [0.1, 0.15) is 12.5 Å². The van der Waals surface area contributed by atoms with Crippen LogP contribution in [0.15, 0.2) is 53.4 Å². The second kappa shape index (κ2) is 6.86. The minimum absolute atomic E-state index is 0.149. The minimum atomic E-state index is -3.47. The summed E-state index contributed by atoms with van der Waals surface area (Å²) in [6.45, 7) is 3.88. The van der Waals surface area contributed by atoms with Gasteiger partial charge in [0, 0.05) is 18.8 Å². The van der Waals surface area contributed by atoms with Gasteiger partial charge in [0.05, 0.1) is 4.90 Å². The Morgan fingerprint density at radius 1 is 1.09 bits per heavy atom. The Labute approximate surface area is 138 Å². The Morgan fingerprint density at radius 3 is 2.23 bits per heavy atom. The summed E-state index contributed by atoms with van der Waals surface area (Å²) in [5.41, 5.74) is 3.30. The zero-order chi connectivity index (χ0) is 16.3. The van der Waals surface area contributed by atoms with E-state index in [1.807, 2.05) is 50.2 Å². The molecule has 1 unspecified atom stereocenters. The summed E-state index contributed by atoms with van der Waals surface area (Å²) >= 11 is 4.17. The van der Waals surface area contributed by atoms with Crippen LogP contribution < -0.4 is 0 Å². The molecule has 118 valence electrons. The van der Waals surface area contributed by atoms with Gasteiger partial charge in [0.25, 0.3) is 0 Å². The topological polar surface area (TPSA) is 37.4 Å². The predicted molar refractivity (Wildman–Crippen MR) is 94.9 cm³/mol. The molecule has 0 aliphatic rings. The Hall–Kier alpha value is -1.30. The monoisotopic (exact) mass is 335 g/mol. The second-order valence-corrected chi connectivity index (χ2v) is 7.75. The maximum absolute atomic E-state index is 12.5. The average Bonchev–Trinajstić information content (AvgIpc) is 2.54. The minimum Gasteiger partial charge on any atom is -0.207 e. The molecule has 0 aromatic heterocycles. The molecule has 0 aliphatic carbocycles. The molecule has 5 heteroatoms. The van der Waals surface area contributed by atoms with Gasteiger partial charge in [-0.15, -0.1) is 0 Å². The number of hydrogen-bond donors (Lipinski definition) is 1. The summed E-state index contributed by atoms with van der Waals surface area (Å²) in [7, 11) is -1.89. The first kappa shape index (κ1) is 17.1. The molecule has 1 atom stereocenters. The van der Waals surface area contributed by atoms with Crippen molar-refractivity contribution in [2.24, 2.45) is 0 Å². The largest absolute Gasteiger partial charge is 0.243 e. The van der Waals surface area contributed by atoms with Crippen molar-refractivity contribution >= 4 is 22.7 Å². The predicted octanol–water partition coefficient (Wildman–Crippen LogP) is 3.60. The average molecular weight is 335 g/mol. The molecule has 0 heterocycles. The van der Waals surface area contributed by atoms with Crippen molar-refractivity contribution in [2.45, 2.75) is 24.8 Å². The van der Waals surface area contributed by atoms with Gasteiger partial charge in [0.15, 0.2) is 0 Å². The van der Waals surface area contributed by atoms with Crippen LogP contribution in [0.2, 0.25) is 0 Å². The molecule has 2 aromatic carbocycles. The Balaban J connectivity index is 2.35. The third kappa shape index (κ3) is 3.37. The molecule has 0 aliphatic heterocycles. The first-order valence-electron chi connectivity index (χ1n) is 7.13. The number of aryl methyl sites for hydroxylation is 1. The van der Waals surface area contributed by atoms with Crippen LogP contribution in [0.5, 0.6) is 0 Å². The highest BCUT2D eigenvalue weighted by Crippen LogP contribution is 2.25. The molecule has 0 amide bonds. The normalized spacial score (nSPS) is 13.3. The van der Waals surface area contributed by atoms with E-state index in [1.54, 1.807) is 19.2 Å². The number of hydrogen-bond acceptors (Lipinski definition) is 3. The molecule has 22 heavy (non-hydrogen) atoms. The number of thiol groups is 1. The van der Waals surface area contributed by atoms with Crippen LogP contribution in [0.4, 0.5) is 0 Å². The van der Waals surface area contributed by atoms with Crippen molar-refractivity contribution < 1.29 is 8.42 Å². The number of benzene rings is 2. The van der Waals surface area contributed by atoms with Crippen molar-refractivity contribution in [3.8, 4) is 11.1 Å². The summed E-state index contributed by atoms with van der Waals surface area (Å²) in [6, 6.07) is 14.9. The first-order chi connectivity index (χ1) is 10.4. The third-order valence-electron chi connectivity index (χ3n) is 3.87. The number of sulfonamides is 1. The lowest BCUT2D eigenvalue weighted by Crippen LogP contribution is -2.36. The van der Waals surface area contributed by atoms with Crippen molar-refractivity contribution in [1.82, 2.24) is 4.31 Å². The summed E-state index contributed by atoms with van der Waals surface area (Å²) in [5, 5.41) is 0. The molecule has 0 bridgehead atoms. The fraction of sp³-hybridized carbons (Fsp3) is 0.294. The van der Waals surface area contributed by atoms with Crippen LogP contribution in [0, 0.1) is 6.92 Å². The molecule has 0 fully saturated rings. The lowest BCUT2D eigenvalue weighted by Gasteiger charge is -2.23. The number of rotatable bonds is 5. The van der Waals surface area contributed by atoms with Gasteiger partial charge in [-0.2, -0.15) is 16.9 Å². The van der Waals surface area contributed by atoms with E-state index in [1.165, 1.54) is 9.87 Å². The van der Waals surface area contributed by atoms with Gasteiger partial charge in [-0.3, -0.25) is 0 Å². The molecule has 0 saturated heterocycles. The Kier molecular flexibility index (Phi) is 5.32. The molecular weight excluding hydrogens is 314 g/mol. The van der Waals surface area contributed by atoms with Gasteiger partial charge in [0.2, 0.25) is 10.0 Å². The molecule has 0 N–H and O–H groups in total.